The van der Waals surface area contributed by atoms with Crippen LogP contribution in [-0.4, -0.2) is 35.1 Å². The largest absolute Gasteiger partial charge is 0.481 e. The van der Waals surface area contributed by atoms with Crippen LogP contribution in [0.5, 0.6) is 0 Å². The number of hydrogen-bond donors (Lipinski definition) is 1. The summed E-state index contributed by atoms with van der Waals surface area (Å²) in [6, 6.07) is 0.462. The summed E-state index contributed by atoms with van der Waals surface area (Å²) in [5.74, 6) is 0.269. The molecule has 3 heteroatoms. The number of aliphatic carboxylic acids is 1. The molecule has 0 aromatic heterocycles. The van der Waals surface area contributed by atoms with E-state index in [0.717, 1.165) is 44.7 Å². The van der Waals surface area contributed by atoms with Gasteiger partial charge in [-0.2, -0.15) is 0 Å². The van der Waals surface area contributed by atoms with E-state index in [1.54, 1.807) is 0 Å². The zero-order valence-electron chi connectivity index (χ0n) is 11.8. The van der Waals surface area contributed by atoms with Gasteiger partial charge in [0, 0.05) is 19.1 Å². The Labute approximate surface area is 111 Å². The van der Waals surface area contributed by atoms with Crippen molar-refractivity contribution < 1.29 is 9.90 Å². The number of rotatable bonds is 6. The monoisotopic (exact) mass is 253 g/mol. The number of carbonyl (C=O) groups is 1. The molecule has 1 N–H and O–H groups in total. The fourth-order valence-electron chi connectivity index (χ4n) is 3.15. The maximum atomic E-state index is 11.7. The zero-order chi connectivity index (χ0) is 13.2. The number of nitrogens with zero attached hydrogens (tertiary/aromatic N) is 1. The Hall–Kier alpha value is -0.570. The van der Waals surface area contributed by atoms with Gasteiger partial charge in [0.2, 0.25) is 0 Å². The summed E-state index contributed by atoms with van der Waals surface area (Å²) >= 11 is 0. The lowest BCUT2D eigenvalue weighted by Crippen LogP contribution is -2.47. The lowest BCUT2D eigenvalue weighted by molar-refractivity contribution is -0.153. The Balaban J connectivity index is 2.02. The summed E-state index contributed by atoms with van der Waals surface area (Å²) in [6.07, 6.45) is 7.79. The topological polar surface area (TPSA) is 40.5 Å². The van der Waals surface area contributed by atoms with E-state index in [1.165, 1.54) is 19.3 Å². The molecule has 0 saturated heterocycles. The van der Waals surface area contributed by atoms with Crippen molar-refractivity contribution in [1.82, 2.24) is 4.90 Å². The van der Waals surface area contributed by atoms with Gasteiger partial charge in [-0.25, -0.2) is 0 Å². The molecule has 0 radical (unpaired) electrons. The lowest BCUT2D eigenvalue weighted by atomic mass is 9.73. The molecule has 0 heterocycles. The highest BCUT2D eigenvalue weighted by atomic mass is 16.4. The van der Waals surface area contributed by atoms with Crippen LogP contribution >= 0.6 is 0 Å². The molecule has 2 aliphatic rings. The zero-order valence-corrected chi connectivity index (χ0v) is 11.8. The first-order valence-electron chi connectivity index (χ1n) is 7.51. The highest BCUT2D eigenvalue weighted by Gasteiger charge is 2.42. The van der Waals surface area contributed by atoms with Crippen LogP contribution in [0.4, 0.5) is 0 Å². The van der Waals surface area contributed by atoms with E-state index in [-0.39, 0.29) is 0 Å². The summed E-state index contributed by atoms with van der Waals surface area (Å²) < 4.78 is 0. The molecule has 0 spiro atoms. The second-order valence-electron chi connectivity index (χ2n) is 6.61. The Morgan fingerprint density at radius 1 is 1.28 bits per heavy atom. The number of carboxylic acid groups (broad SMARTS) is 1. The molecule has 0 aromatic rings. The molecule has 0 aliphatic heterocycles. The van der Waals surface area contributed by atoms with Crippen LogP contribution < -0.4 is 0 Å². The first-order chi connectivity index (χ1) is 8.53. The van der Waals surface area contributed by atoms with Gasteiger partial charge in [0.05, 0.1) is 5.41 Å². The third-order valence-corrected chi connectivity index (χ3v) is 4.69. The molecule has 2 saturated carbocycles. The lowest BCUT2D eigenvalue weighted by Gasteiger charge is -2.39. The molecule has 2 fully saturated rings. The predicted molar refractivity (Wildman–Crippen MR) is 72.6 cm³/mol. The first kappa shape index (κ1) is 13.9. The van der Waals surface area contributed by atoms with Gasteiger partial charge < -0.3 is 5.11 Å². The van der Waals surface area contributed by atoms with Crippen LogP contribution in [0.15, 0.2) is 0 Å². The van der Waals surface area contributed by atoms with Crippen molar-refractivity contribution in [3.05, 3.63) is 0 Å². The van der Waals surface area contributed by atoms with E-state index in [4.69, 9.17) is 0 Å². The van der Waals surface area contributed by atoms with Gasteiger partial charge in [-0.05, 0) is 45.4 Å². The predicted octanol–water partition coefficient (Wildman–Crippen LogP) is 3.14. The average molecular weight is 253 g/mol. The minimum atomic E-state index is -0.566. The minimum Gasteiger partial charge on any atom is -0.481 e. The van der Waals surface area contributed by atoms with Gasteiger partial charge in [0.25, 0.3) is 0 Å². The Kier molecular flexibility index (Phi) is 4.31. The maximum absolute atomic E-state index is 11.7. The molecule has 2 aliphatic carbocycles. The first-order valence-corrected chi connectivity index (χ1v) is 7.51. The van der Waals surface area contributed by atoms with Crippen LogP contribution in [0.2, 0.25) is 0 Å². The third-order valence-electron chi connectivity index (χ3n) is 4.69. The van der Waals surface area contributed by atoms with E-state index >= 15 is 0 Å². The normalized spacial score (nSPS) is 23.6. The van der Waals surface area contributed by atoms with Crippen LogP contribution in [0.3, 0.4) is 0 Å². The van der Waals surface area contributed by atoms with E-state index in [9.17, 15) is 9.90 Å². The molecule has 18 heavy (non-hydrogen) atoms. The van der Waals surface area contributed by atoms with E-state index in [1.807, 2.05) is 0 Å². The van der Waals surface area contributed by atoms with Gasteiger partial charge in [0.1, 0.15) is 0 Å². The third kappa shape index (κ3) is 3.25. The van der Waals surface area contributed by atoms with E-state index < -0.39 is 11.4 Å². The molecule has 104 valence electrons. The summed E-state index contributed by atoms with van der Waals surface area (Å²) in [5, 5.41) is 9.64. The summed E-state index contributed by atoms with van der Waals surface area (Å²) in [7, 11) is 0. The van der Waals surface area contributed by atoms with Crippen molar-refractivity contribution >= 4 is 5.97 Å². The molecule has 0 amide bonds. The number of hydrogen-bond acceptors (Lipinski definition) is 2. The van der Waals surface area contributed by atoms with Gasteiger partial charge in [-0.3, -0.25) is 9.69 Å². The standard InChI is InChI=1S/C15H27NO2/c1-12(2)16(10-13-6-7-13)11-15(14(17)18)8-4-3-5-9-15/h12-13H,3-11H2,1-2H3,(H,17,18). The van der Waals surface area contributed by atoms with Crippen LogP contribution in [0, 0.1) is 11.3 Å². The van der Waals surface area contributed by atoms with Crippen molar-refractivity contribution in [3.8, 4) is 0 Å². The fourth-order valence-corrected chi connectivity index (χ4v) is 3.15. The average Bonchev–Trinajstić information content (AvgIpc) is 3.13. The molecule has 2 rings (SSSR count). The molecule has 0 atom stereocenters. The maximum Gasteiger partial charge on any atom is 0.310 e. The second kappa shape index (κ2) is 5.60. The molecular weight excluding hydrogens is 226 g/mol. The van der Waals surface area contributed by atoms with Crippen molar-refractivity contribution in [1.29, 1.82) is 0 Å². The van der Waals surface area contributed by atoms with Gasteiger partial charge in [0.15, 0.2) is 0 Å². The summed E-state index contributed by atoms with van der Waals surface area (Å²) in [6.45, 7) is 6.25. The van der Waals surface area contributed by atoms with Gasteiger partial charge in [-0.15, -0.1) is 0 Å². The molecule has 0 unspecified atom stereocenters. The minimum absolute atomic E-state index is 0.461. The highest BCUT2D eigenvalue weighted by molar-refractivity contribution is 5.75. The van der Waals surface area contributed by atoms with Crippen molar-refractivity contribution in [2.45, 2.75) is 64.8 Å². The van der Waals surface area contributed by atoms with Crippen LogP contribution in [0.25, 0.3) is 0 Å². The highest BCUT2D eigenvalue weighted by Crippen LogP contribution is 2.39. The van der Waals surface area contributed by atoms with Crippen molar-refractivity contribution in [2.75, 3.05) is 13.1 Å². The fraction of sp³-hybridized carbons (Fsp3) is 0.933. The quantitative estimate of drug-likeness (QED) is 0.790. The van der Waals surface area contributed by atoms with Crippen molar-refractivity contribution in [2.24, 2.45) is 11.3 Å². The van der Waals surface area contributed by atoms with Crippen LogP contribution in [0.1, 0.15) is 58.8 Å². The molecular formula is C15H27NO2. The Bertz CT molecular complexity index is 291. The Morgan fingerprint density at radius 3 is 2.33 bits per heavy atom. The second-order valence-corrected chi connectivity index (χ2v) is 6.61. The van der Waals surface area contributed by atoms with Gasteiger partial charge >= 0.3 is 5.97 Å². The molecule has 3 nitrogen and oxygen atoms in total. The Morgan fingerprint density at radius 2 is 1.89 bits per heavy atom. The summed E-state index contributed by atoms with van der Waals surface area (Å²) in [5.41, 5.74) is -0.461. The molecule has 0 aromatic carbocycles. The smallest absolute Gasteiger partial charge is 0.310 e. The van der Waals surface area contributed by atoms with E-state index in [0.29, 0.717) is 6.04 Å². The van der Waals surface area contributed by atoms with Gasteiger partial charge in [-0.1, -0.05) is 19.3 Å². The van der Waals surface area contributed by atoms with Crippen LogP contribution in [-0.2, 0) is 4.79 Å². The number of carboxylic acids is 1. The summed E-state index contributed by atoms with van der Waals surface area (Å²) in [4.78, 5) is 14.1. The SMILES string of the molecule is CC(C)N(CC1CC1)CC1(C(=O)O)CCCCC1. The van der Waals surface area contributed by atoms with E-state index in [2.05, 4.69) is 18.7 Å². The van der Waals surface area contributed by atoms with Crippen molar-refractivity contribution in [3.63, 3.8) is 0 Å². The molecule has 0 bridgehead atoms.